The first-order valence-corrected chi connectivity index (χ1v) is 10.6. The minimum atomic E-state index is -0.305. The molecule has 164 valence electrons. The van der Waals surface area contributed by atoms with Crippen LogP contribution in [0, 0.1) is 0 Å². The maximum Gasteiger partial charge on any atom is 0.248 e. The Morgan fingerprint density at radius 1 is 0.818 bits per heavy atom. The van der Waals surface area contributed by atoms with E-state index in [2.05, 4.69) is 5.32 Å². The highest BCUT2D eigenvalue weighted by atomic mass is 35.5. The first-order chi connectivity index (χ1) is 16.0. The number of hydrogen-bond donors (Lipinski definition) is 1. The van der Waals surface area contributed by atoms with Gasteiger partial charge in [0.05, 0.1) is 16.3 Å². The van der Waals surface area contributed by atoms with Crippen LogP contribution in [0.15, 0.2) is 94.0 Å². The molecule has 7 heteroatoms. The van der Waals surface area contributed by atoms with Gasteiger partial charge < -0.3 is 14.2 Å². The minimum Gasteiger partial charge on any atom is -0.465 e. The smallest absolute Gasteiger partial charge is 0.248 e. The van der Waals surface area contributed by atoms with Crippen molar-refractivity contribution in [2.45, 2.75) is 0 Å². The summed E-state index contributed by atoms with van der Waals surface area (Å²) in [6.45, 7) is 0. The van der Waals surface area contributed by atoms with Gasteiger partial charge in [-0.05, 0) is 85.0 Å². The largest absolute Gasteiger partial charge is 0.465 e. The third-order valence-corrected chi connectivity index (χ3v) is 5.35. The van der Waals surface area contributed by atoms with Gasteiger partial charge in [-0.3, -0.25) is 9.59 Å². The second kappa shape index (κ2) is 10.2. The highest BCUT2D eigenvalue weighted by Gasteiger charge is 2.07. The Bertz CT molecular complexity index is 1330. The molecule has 0 aliphatic carbocycles. The quantitative estimate of drug-likeness (QED) is 0.222. The van der Waals surface area contributed by atoms with Crippen LogP contribution in [0.25, 0.3) is 23.5 Å². The fraction of sp³-hybridized carbons (Fsp3) is 0. The van der Waals surface area contributed by atoms with E-state index in [-0.39, 0.29) is 11.7 Å². The van der Waals surface area contributed by atoms with Crippen LogP contribution >= 0.6 is 23.2 Å². The highest BCUT2D eigenvalue weighted by Crippen LogP contribution is 2.29. The standard InChI is InChI=1S/C26H17Cl2NO4/c27-22-11-5-18(16-23(22)28)25-13-9-21(33-25)8-12-24(30)17-3-6-19(7-4-17)29-26(31)14-10-20-2-1-15-32-20/h1-16H,(H,29,31)/b12-8+,14-10+. The van der Waals surface area contributed by atoms with Crippen LogP contribution < -0.4 is 5.32 Å². The number of nitrogens with one attached hydrogen (secondary N) is 1. The lowest BCUT2D eigenvalue weighted by molar-refractivity contribution is -0.111. The van der Waals surface area contributed by atoms with Crippen LogP contribution in [-0.2, 0) is 4.79 Å². The molecule has 0 saturated heterocycles. The average Bonchev–Trinajstić information content (AvgIpc) is 3.51. The second-order valence-corrected chi connectivity index (χ2v) is 7.76. The van der Waals surface area contributed by atoms with Crippen molar-refractivity contribution >= 4 is 52.7 Å². The lowest BCUT2D eigenvalue weighted by atomic mass is 10.1. The molecule has 4 rings (SSSR count). The number of carbonyl (C=O) groups excluding carboxylic acids is 2. The van der Waals surface area contributed by atoms with E-state index in [0.717, 1.165) is 5.56 Å². The lowest BCUT2D eigenvalue weighted by Gasteiger charge is -2.03. The molecule has 2 aromatic heterocycles. The van der Waals surface area contributed by atoms with Gasteiger partial charge in [-0.25, -0.2) is 0 Å². The van der Waals surface area contributed by atoms with E-state index in [9.17, 15) is 9.59 Å². The number of furan rings is 2. The summed E-state index contributed by atoms with van der Waals surface area (Å²) in [5.41, 5.74) is 1.83. The van der Waals surface area contributed by atoms with Gasteiger partial charge in [0.1, 0.15) is 17.3 Å². The monoisotopic (exact) mass is 477 g/mol. The fourth-order valence-electron chi connectivity index (χ4n) is 2.95. The van der Waals surface area contributed by atoms with Crippen LogP contribution in [-0.4, -0.2) is 11.7 Å². The zero-order valence-electron chi connectivity index (χ0n) is 17.1. The van der Waals surface area contributed by atoms with Crippen LogP contribution in [0.5, 0.6) is 0 Å². The van der Waals surface area contributed by atoms with E-state index in [4.69, 9.17) is 32.0 Å². The summed E-state index contributed by atoms with van der Waals surface area (Å²) in [5, 5.41) is 3.63. The molecule has 33 heavy (non-hydrogen) atoms. The molecular formula is C26H17Cl2NO4. The van der Waals surface area contributed by atoms with Crippen molar-refractivity contribution in [1.82, 2.24) is 0 Å². The Hall–Kier alpha value is -3.80. The van der Waals surface area contributed by atoms with Crippen LogP contribution in [0.3, 0.4) is 0 Å². The summed E-state index contributed by atoms with van der Waals surface area (Å²) in [7, 11) is 0. The zero-order chi connectivity index (χ0) is 23.2. The number of halogens is 2. The summed E-state index contributed by atoms with van der Waals surface area (Å²) in [5.74, 6) is 1.22. The van der Waals surface area contributed by atoms with E-state index in [1.807, 2.05) is 0 Å². The SMILES string of the molecule is O=C(/C=C/c1ccco1)Nc1ccc(C(=O)/C=C/c2ccc(-c3ccc(Cl)c(Cl)c3)o2)cc1. The number of benzene rings is 2. The van der Waals surface area contributed by atoms with E-state index in [0.29, 0.717) is 38.6 Å². The first kappa shape index (κ1) is 22.4. The number of allylic oxidation sites excluding steroid dienone is 1. The van der Waals surface area contributed by atoms with E-state index < -0.39 is 0 Å². The molecule has 0 aliphatic heterocycles. The zero-order valence-corrected chi connectivity index (χ0v) is 18.6. The molecule has 0 saturated carbocycles. The summed E-state index contributed by atoms with van der Waals surface area (Å²) < 4.78 is 10.9. The van der Waals surface area contributed by atoms with E-state index in [1.165, 1.54) is 18.4 Å². The third kappa shape index (κ3) is 5.92. The molecule has 4 aromatic rings. The molecule has 0 unspecified atom stereocenters. The summed E-state index contributed by atoms with van der Waals surface area (Å²) in [6.07, 6.45) is 7.49. The second-order valence-electron chi connectivity index (χ2n) is 6.94. The average molecular weight is 478 g/mol. The molecule has 0 aliphatic rings. The number of rotatable bonds is 7. The Morgan fingerprint density at radius 2 is 1.61 bits per heavy atom. The Balaban J connectivity index is 1.36. The molecule has 2 aromatic carbocycles. The van der Waals surface area contributed by atoms with Crippen molar-refractivity contribution in [2.75, 3.05) is 5.32 Å². The van der Waals surface area contributed by atoms with Gasteiger partial charge in [0, 0.05) is 22.9 Å². The highest BCUT2D eigenvalue weighted by molar-refractivity contribution is 6.42. The molecule has 0 fully saturated rings. The van der Waals surface area contributed by atoms with Crippen molar-refractivity contribution in [3.8, 4) is 11.3 Å². The molecule has 0 bridgehead atoms. The van der Waals surface area contributed by atoms with Crippen molar-refractivity contribution in [3.63, 3.8) is 0 Å². The Labute approximate surface area is 199 Å². The van der Waals surface area contributed by atoms with Crippen molar-refractivity contribution in [3.05, 3.63) is 112 Å². The van der Waals surface area contributed by atoms with Crippen molar-refractivity contribution < 1.29 is 18.4 Å². The molecule has 5 nitrogen and oxygen atoms in total. The van der Waals surface area contributed by atoms with E-state index >= 15 is 0 Å². The first-order valence-electron chi connectivity index (χ1n) is 9.88. The van der Waals surface area contributed by atoms with Crippen LogP contribution in [0.4, 0.5) is 5.69 Å². The Morgan fingerprint density at radius 3 is 2.33 bits per heavy atom. The topological polar surface area (TPSA) is 72.5 Å². The Kier molecular flexibility index (Phi) is 6.93. The minimum absolute atomic E-state index is 0.196. The molecule has 2 heterocycles. The van der Waals surface area contributed by atoms with Gasteiger partial charge in [-0.1, -0.05) is 23.2 Å². The molecule has 1 amide bonds. The maximum atomic E-state index is 12.5. The fourth-order valence-corrected chi connectivity index (χ4v) is 3.24. The summed E-state index contributed by atoms with van der Waals surface area (Å²) >= 11 is 12.0. The van der Waals surface area contributed by atoms with Gasteiger partial charge >= 0.3 is 0 Å². The lowest BCUT2D eigenvalue weighted by Crippen LogP contribution is -2.07. The number of amides is 1. The van der Waals surface area contributed by atoms with Crippen LogP contribution in [0.2, 0.25) is 10.0 Å². The molecule has 1 N–H and O–H groups in total. The maximum absolute atomic E-state index is 12.5. The molecule has 0 spiro atoms. The number of hydrogen-bond acceptors (Lipinski definition) is 4. The normalized spacial score (nSPS) is 11.3. The number of ketones is 1. The van der Waals surface area contributed by atoms with E-state index in [1.54, 1.807) is 78.9 Å². The molecular weight excluding hydrogens is 461 g/mol. The predicted molar refractivity (Wildman–Crippen MR) is 130 cm³/mol. The number of carbonyl (C=O) groups is 2. The van der Waals surface area contributed by atoms with Gasteiger partial charge in [-0.2, -0.15) is 0 Å². The van der Waals surface area contributed by atoms with Crippen molar-refractivity contribution in [1.29, 1.82) is 0 Å². The van der Waals surface area contributed by atoms with Gasteiger partial charge in [0.15, 0.2) is 5.78 Å². The molecule has 0 atom stereocenters. The number of anilines is 1. The van der Waals surface area contributed by atoms with Crippen LogP contribution in [0.1, 0.15) is 21.9 Å². The predicted octanol–water partition coefficient (Wildman–Crippen LogP) is 7.39. The molecule has 0 radical (unpaired) electrons. The van der Waals surface area contributed by atoms with Crippen molar-refractivity contribution in [2.24, 2.45) is 0 Å². The van der Waals surface area contributed by atoms with Gasteiger partial charge in [-0.15, -0.1) is 0 Å². The third-order valence-electron chi connectivity index (χ3n) is 4.61. The summed E-state index contributed by atoms with van der Waals surface area (Å²) in [4.78, 5) is 24.5. The van der Waals surface area contributed by atoms with Gasteiger partial charge in [0.25, 0.3) is 0 Å². The van der Waals surface area contributed by atoms with Gasteiger partial charge in [0.2, 0.25) is 5.91 Å². The summed E-state index contributed by atoms with van der Waals surface area (Å²) in [6, 6.07) is 18.9.